The fourth-order valence-corrected chi connectivity index (χ4v) is 3.53. The third-order valence-electron chi connectivity index (χ3n) is 4.53. The van der Waals surface area contributed by atoms with E-state index >= 15 is 0 Å². The number of nitrogens with zero attached hydrogens (tertiary/aromatic N) is 2. The monoisotopic (exact) mass is 289 g/mol. The standard InChI is InChI=1S/C15H19N3O3/c19-14(20)12-9-11-1-2-13(12)18(11)15(21)17-8-5-10-3-6-16-7-4-10/h3-4,6-7,11-13H,1-2,5,8-9H2,(H,17,21)(H,19,20). The lowest BCUT2D eigenvalue weighted by Gasteiger charge is -2.23. The maximum Gasteiger partial charge on any atom is 0.317 e. The number of aliphatic carboxylic acids is 1. The van der Waals surface area contributed by atoms with Crippen LogP contribution in [0.4, 0.5) is 4.79 Å². The van der Waals surface area contributed by atoms with E-state index in [4.69, 9.17) is 0 Å². The minimum absolute atomic E-state index is 0.0945. The lowest BCUT2D eigenvalue weighted by molar-refractivity contribution is -0.142. The molecule has 3 heterocycles. The normalized spacial score (nSPS) is 26.9. The molecule has 0 radical (unpaired) electrons. The maximum absolute atomic E-state index is 12.3. The van der Waals surface area contributed by atoms with Gasteiger partial charge < -0.3 is 15.3 Å². The van der Waals surface area contributed by atoms with E-state index in [-0.39, 0.29) is 18.1 Å². The molecule has 3 atom stereocenters. The minimum atomic E-state index is -0.781. The third-order valence-corrected chi connectivity index (χ3v) is 4.53. The summed E-state index contributed by atoms with van der Waals surface area (Å²) in [5, 5.41) is 12.1. The summed E-state index contributed by atoms with van der Waals surface area (Å²) in [6.45, 7) is 0.552. The first kappa shape index (κ1) is 13.9. The number of rotatable bonds is 4. The molecule has 0 spiro atoms. The van der Waals surface area contributed by atoms with Gasteiger partial charge in [-0.25, -0.2) is 4.79 Å². The van der Waals surface area contributed by atoms with Crippen LogP contribution in [0, 0.1) is 5.92 Å². The zero-order chi connectivity index (χ0) is 14.8. The Labute approximate surface area is 123 Å². The van der Waals surface area contributed by atoms with Crippen LogP contribution in [0.25, 0.3) is 0 Å². The number of carbonyl (C=O) groups is 2. The first-order chi connectivity index (χ1) is 10.2. The Morgan fingerprint density at radius 2 is 2.10 bits per heavy atom. The predicted octanol–water partition coefficient (Wildman–Crippen LogP) is 1.27. The van der Waals surface area contributed by atoms with Crippen LogP contribution in [0.3, 0.4) is 0 Å². The highest BCUT2D eigenvalue weighted by atomic mass is 16.4. The SMILES string of the molecule is O=C(O)C1CC2CCC1N2C(=O)NCCc1ccncc1. The predicted molar refractivity (Wildman–Crippen MR) is 75.7 cm³/mol. The van der Waals surface area contributed by atoms with Crippen LogP contribution in [0.15, 0.2) is 24.5 Å². The maximum atomic E-state index is 12.3. The van der Waals surface area contributed by atoms with Crippen LogP contribution in [-0.2, 0) is 11.2 Å². The number of amides is 2. The highest BCUT2D eigenvalue weighted by Crippen LogP contribution is 2.41. The number of pyridine rings is 1. The largest absolute Gasteiger partial charge is 0.481 e. The van der Waals surface area contributed by atoms with Crippen molar-refractivity contribution in [3.05, 3.63) is 30.1 Å². The van der Waals surface area contributed by atoms with E-state index in [1.54, 1.807) is 17.3 Å². The molecule has 3 rings (SSSR count). The van der Waals surface area contributed by atoms with E-state index in [0.29, 0.717) is 13.0 Å². The number of aromatic nitrogens is 1. The summed E-state index contributed by atoms with van der Waals surface area (Å²) >= 11 is 0. The molecular weight excluding hydrogens is 270 g/mol. The fourth-order valence-electron chi connectivity index (χ4n) is 3.53. The lowest BCUT2D eigenvalue weighted by atomic mass is 9.89. The molecular formula is C15H19N3O3. The fraction of sp³-hybridized carbons (Fsp3) is 0.533. The second-order valence-electron chi connectivity index (χ2n) is 5.72. The number of carboxylic acid groups (broad SMARTS) is 1. The molecule has 1 aromatic heterocycles. The van der Waals surface area contributed by atoms with Gasteiger partial charge in [0.05, 0.1) is 5.92 Å². The van der Waals surface area contributed by atoms with Crippen LogP contribution in [0.2, 0.25) is 0 Å². The molecule has 21 heavy (non-hydrogen) atoms. The summed E-state index contributed by atoms with van der Waals surface area (Å²) in [6, 6.07) is 3.68. The van der Waals surface area contributed by atoms with E-state index in [1.165, 1.54) is 0 Å². The van der Waals surface area contributed by atoms with Crippen molar-refractivity contribution in [1.82, 2.24) is 15.2 Å². The average molecular weight is 289 g/mol. The molecule has 2 aliphatic rings. The molecule has 2 saturated heterocycles. The Bertz CT molecular complexity index is 534. The third kappa shape index (κ3) is 2.70. The van der Waals surface area contributed by atoms with Gasteiger partial charge in [0.2, 0.25) is 0 Å². The van der Waals surface area contributed by atoms with Gasteiger partial charge in [0.15, 0.2) is 0 Å². The van der Waals surface area contributed by atoms with E-state index in [1.807, 2.05) is 12.1 Å². The van der Waals surface area contributed by atoms with Crippen molar-refractivity contribution in [2.75, 3.05) is 6.54 Å². The van der Waals surface area contributed by atoms with Gasteiger partial charge in [-0.3, -0.25) is 9.78 Å². The zero-order valence-corrected chi connectivity index (χ0v) is 11.7. The molecule has 112 valence electrons. The molecule has 0 saturated carbocycles. The quantitative estimate of drug-likeness (QED) is 0.874. The van der Waals surface area contributed by atoms with Crippen molar-refractivity contribution in [2.24, 2.45) is 5.92 Å². The Morgan fingerprint density at radius 3 is 2.76 bits per heavy atom. The topological polar surface area (TPSA) is 82.5 Å². The van der Waals surface area contributed by atoms with Crippen LogP contribution in [0.1, 0.15) is 24.8 Å². The number of carboxylic acids is 1. The van der Waals surface area contributed by atoms with Crippen molar-refractivity contribution in [3.63, 3.8) is 0 Å². The number of fused-ring (bicyclic) bond motifs is 2. The zero-order valence-electron chi connectivity index (χ0n) is 11.7. The molecule has 1 aromatic rings. The van der Waals surface area contributed by atoms with Crippen LogP contribution < -0.4 is 5.32 Å². The molecule has 2 bridgehead atoms. The van der Waals surface area contributed by atoms with Crippen molar-refractivity contribution in [3.8, 4) is 0 Å². The van der Waals surface area contributed by atoms with Crippen molar-refractivity contribution >= 4 is 12.0 Å². The summed E-state index contributed by atoms with van der Waals surface area (Å²) < 4.78 is 0. The summed E-state index contributed by atoms with van der Waals surface area (Å²) in [7, 11) is 0. The first-order valence-corrected chi connectivity index (χ1v) is 7.34. The number of hydrogen-bond acceptors (Lipinski definition) is 3. The van der Waals surface area contributed by atoms with E-state index in [2.05, 4.69) is 10.3 Å². The molecule has 0 aromatic carbocycles. The second kappa shape index (κ2) is 5.71. The van der Waals surface area contributed by atoms with Gasteiger partial charge in [-0.15, -0.1) is 0 Å². The average Bonchev–Trinajstić information content (AvgIpc) is 3.06. The van der Waals surface area contributed by atoms with Gasteiger partial charge in [0.1, 0.15) is 0 Å². The summed E-state index contributed by atoms with van der Waals surface area (Å²) in [4.78, 5) is 29.2. The highest BCUT2D eigenvalue weighted by Gasteiger charge is 2.51. The molecule has 2 N–H and O–H groups in total. The van der Waals surface area contributed by atoms with Gasteiger partial charge in [0, 0.05) is 31.0 Å². The van der Waals surface area contributed by atoms with Crippen LogP contribution in [-0.4, -0.2) is 45.6 Å². The van der Waals surface area contributed by atoms with Gasteiger partial charge in [-0.05, 0) is 43.4 Å². The van der Waals surface area contributed by atoms with Crippen LogP contribution >= 0.6 is 0 Å². The molecule has 6 nitrogen and oxygen atoms in total. The van der Waals surface area contributed by atoms with Crippen molar-refractivity contribution in [1.29, 1.82) is 0 Å². The smallest absolute Gasteiger partial charge is 0.317 e. The van der Waals surface area contributed by atoms with Gasteiger partial charge in [-0.2, -0.15) is 0 Å². The number of urea groups is 1. The Hall–Kier alpha value is -2.11. The Balaban J connectivity index is 1.53. The second-order valence-corrected chi connectivity index (χ2v) is 5.72. The Morgan fingerprint density at radius 1 is 1.33 bits per heavy atom. The summed E-state index contributed by atoms with van der Waals surface area (Å²) in [5.41, 5.74) is 1.12. The summed E-state index contributed by atoms with van der Waals surface area (Å²) in [5.74, 6) is -1.17. The van der Waals surface area contributed by atoms with Crippen molar-refractivity contribution in [2.45, 2.75) is 37.8 Å². The Kier molecular flexibility index (Phi) is 3.77. The van der Waals surface area contributed by atoms with E-state index < -0.39 is 11.9 Å². The molecule has 0 aliphatic carbocycles. The van der Waals surface area contributed by atoms with E-state index in [9.17, 15) is 14.7 Å². The molecule has 2 amide bonds. The van der Waals surface area contributed by atoms with Crippen molar-refractivity contribution < 1.29 is 14.7 Å². The lowest BCUT2D eigenvalue weighted by Crippen LogP contribution is -2.44. The van der Waals surface area contributed by atoms with Gasteiger partial charge in [0.25, 0.3) is 0 Å². The molecule has 6 heteroatoms. The summed E-state index contributed by atoms with van der Waals surface area (Å²) in [6.07, 6.45) is 6.54. The van der Waals surface area contributed by atoms with Crippen LogP contribution in [0.5, 0.6) is 0 Å². The van der Waals surface area contributed by atoms with Gasteiger partial charge >= 0.3 is 12.0 Å². The first-order valence-electron chi connectivity index (χ1n) is 7.34. The van der Waals surface area contributed by atoms with Gasteiger partial charge in [-0.1, -0.05) is 0 Å². The van der Waals surface area contributed by atoms with E-state index in [0.717, 1.165) is 24.8 Å². The molecule has 2 aliphatic heterocycles. The molecule has 2 fully saturated rings. The molecule has 3 unspecified atom stereocenters. The minimum Gasteiger partial charge on any atom is -0.481 e. The highest BCUT2D eigenvalue weighted by molar-refractivity contribution is 5.79. The number of nitrogens with one attached hydrogen (secondary N) is 1. The number of carbonyl (C=O) groups excluding carboxylic acids is 1. The number of hydrogen-bond donors (Lipinski definition) is 2.